The molecule has 4 nitrogen and oxygen atoms in total. The lowest BCUT2D eigenvalue weighted by Crippen LogP contribution is -2.38. The number of nitrogens with one attached hydrogen (secondary N) is 1. The minimum absolute atomic E-state index is 0.00443. The summed E-state index contributed by atoms with van der Waals surface area (Å²) in [6, 6.07) is 17.2. The van der Waals surface area contributed by atoms with Crippen molar-refractivity contribution in [1.82, 2.24) is 9.78 Å². The molecule has 32 heavy (non-hydrogen) atoms. The predicted molar refractivity (Wildman–Crippen MR) is 127 cm³/mol. The molecular formula is C27H32FN3O. The Hall–Kier alpha value is -2.95. The summed E-state index contributed by atoms with van der Waals surface area (Å²) < 4.78 is 16.7. The van der Waals surface area contributed by atoms with Crippen molar-refractivity contribution in [3.63, 3.8) is 0 Å². The van der Waals surface area contributed by atoms with E-state index in [0.29, 0.717) is 24.0 Å². The van der Waals surface area contributed by atoms with Gasteiger partial charge in [-0.1, -0.05) is 62.4 Å². The van der Waals surface area contributed by atoms with Gasteiger partial charge in [0.05, 0.1) is 23.3 Å². The highest BCUT2D eigenvalue weighted by Crippen LogP contribution is 2.42. The number of nitrogens with zero attached hydrogens (tertiary/aromatic N) is 2. The zero-order valence-corrected chi connectivity index (χ0v) is 19.4. The first kappa shape index (κ1) is 22.3. The molecule has 0 amide bonds. The van der Waals surface area contributed by atoms with E-state index in [0.717, 1.165) is 12.2 Å². The van der Waals surface area contributed by atoms with Crippen LogP contribution in [-0.4, -0.2) is 15.6 Å². The Morgan fingerprint density at radius 3 is 2.44 bits per heavy atom. The van der Waals surface area contributed by atoms with Crippen molar-refractivity contribution in [2.45, 2.75) is 70.4 Å². The highest BCUT2D eigenvalue weighted by molar-refractivity contribution is 6.01. The molecule has 0 saturated heterocycles. The Morgan fingerprint density at radius 1 is 1.12 bits per heavy atom. The summed E-state index contributed by atoms with van der Waals surface area (Å²) in [5, 5.41) is 8.17. The van der Waals surface area contributed by atoms with Gasteiger partial charge in [-0.3, -0.25) is 4.79 Å². The molecule has 0 saturated carbocycles. The van der Waals surface area contributed by atoms with Crippen LogP contribution in [0.5, 0.6) is 0 Å². The number of hydrogen-bond donors (Lipinski definition) is 1. The number of fused-ring (bicyclic) bond motifs is 1. The van der Waals surface area contributed by atoms with Gasteiger partial charge < -0.3 is 5.32 Å². The molecule has 0 spiro atoms. The maximum atomic E-state index is 14.7. The number of rotatable bonds is 7. The van der Waals surface area contributed by atoms with Crippen LogP contribution in [0, 0.1) is 5.82 Å². The van der Waals surface area contributed by atoms with Gasteiger partial charge in [0.2, 0.25) is 0 Å². The quantitative estimate of drug-likeness (QED) is 0.425. The van der Waals surface area contributed by atoms with Crippen molar-refractivity contribution < 1.29 is 9.18 Å². The Labute approximate surface area is 189 Å². The molecule has 1 unspecified atom stereocenters. The minimum atomic E-state index is -0.541. The SMILES string of the molecule is CCC(CC)(CC(=O)c1cnn2c1NC(c1ccccc1)CC2(C)C)c1ccccc1F. The summed E-state index contributed by atoms with van der Waals surface area (Å²) in [4.78, 5) is 13.6. The molecule has 0 fully saturated rings. The molecule has 3 aromatic rings. The molecule has 1 atom stereocenters. The van der Waals surface area contributed by atoms with Crippen LogP contribution in [0.25, 0.3) is 0 Å². The highest BCUT2D eigenvalue weighted by Gasteiger charge is 2.39. The number of carbonyl (C=O) groups excluding carboxylic acids is 1. The van der Waals surface area contributed by atoms with E-state index >= 15 is 0 Å². The number of halogens is 1. The van der Waals surface area contributed by atoms with Gasteiger partial charge in [0.15, 0.2) is 5.78 Å². The van der Waals surface area contributed by atoms with Crippen molar-refractivity contribution in [3.8, 4) is 0 Å². The van der Waals surface area contributed by atoms with Crippen LogP contribution in [-0.2, 0) is 11.0 Å². The molecule has 2 heterocycles. The Morgan fingerprint density at radius 2 is 1.78 bits per heavy atom. The van der Waals surface area contributed by atoms with Crippen molar-refractivity contribution in [2.24, 2.45) is 0 Å². The topological polar surface area (TPSA) is 46.9 Å². The molecule has 0 radical (unpaired) electrons. The molecule has 1 aliphatic rings. The van der Waals surface area contributed by atoms with Crippen molar-refractivity contribution in [3.05, 3.63) is 83.3 Å². The lowest BCUT2D eigenvalue weighted by atomic mass is 9.71. The number of ketones is 1. The largest absolute Gasteiger partial charge is 0.363 e. The first-order valence-corrected chi connectivity index (χ1v) is 11.5. The second-order valence-electron chi connectivity index (χ2n) is 9.51. The molecule has 1 aromatic heterocycles. The van der Waals surface area contributed by atoms with Crippen LogP contribution < -0.4 is 5.32 Å². The fourth-order valence-corrected chi connectivity index (χ4v) is 5.11. The van der Waals surface area contributed by atoms with E-state index in [1.807, 2.05) is 48.9 Å². The van der Waals surface area contributed by atoms with E-state index in [1.54, 1.807) is 12.3 Å². The van der Waals surface area contributed by atoms with E-state index in [-0.39, 0.29) is 29.6 Å². The number of hydrogen-bond acceptors (Lipinski definition) is 3. The van der Waals surface area contributed by atoms with E-state index < -0.39 is 5.41 Å². The summed E-state index contributed by atoms with van der Waals surface area (Å²) >= 11 is 0. The average molecular weight is 434 g/mol. The van der Waals surface area contributed by atoms with E-state index in [1.165, 1.54) is 11.6 Å². The summed E-state index contributed by atoms with van der Waals surface area (Å²) in [7, 11) is 0. The predicted octanol–water partition coefficient (Wildman–Crippen LogP) is 6.65. The fraction of sp³-hybridized carbons (Fsp3) is 0.407. The summed E-state index contributed by atoms with van der Waals surface area (Å²) in [6.07, 6.45) is 4.16. The summed E-state index contributed by atoms with van der Waals surface area (Å²) in [6.45, 7) is 8.36. The van der Waals surface area contributed by atoms with Crippen molar-refractivity contribution in [2.75, 3.05) is 5.32 Å². The molecule has 5 heteroatoms. The van der Waals surface area contributed by atoms with Crippen molar-refractivity contribution >= 4 is 11.6 Å². The zero-order chi connectivity index (χ0) is 22.9. The van der Waals surface area contributed by atoms with Gasteiger partial charge in [0.1, 0.15) is 11.6 Å². The van der Waals surface area contributed by atoms with Crippen LogP contribution in [0.4, 0.5) is 10.2 Å². The number of anilines is 1. The molecule has 4 rings (SSSR count). The van der Waals surface area contributed by atoms with Gasteiger partial charge in [-0.2, -0.15) is 5.10 Å². The smallest absolute Gasteiger partial charge is 0.169 e. The normalized spacial score (nSPS) is 17.5. The van der Waals surface area contributed by atoms with Crippen LogP contribution in [0.3, 0.4) is 0 Å². The zero-order valence-electron chi connectivity index (χ0n) is 19.4. The number of aromatic nitrogens is 2. The lowest BCUT2D eigenvalue weighted by Gasteiger charge is -2.38. The maximum absolute atomic E-state index is 14.7. The van der Waals surface area contributed by atoms with Gasteiger partial charge in [0, 0.05) is 11.8 Å². The van der Waals surface area contributed by atoms with Gasteiger partial charge in [-0.15, -0.1) is 0 Å². The molecule has 168 valence electrons. The second-order valence-corrected chi connectivity index (χ2v) is 9.51. The fourth-order valence-electron chi connectivity index (χ4n) is 5.11. The van der Waals surface area contributed by atoms with Gasteiger partial charge >= 0.3 is 0 Å². The van der Waals surface area contributed by atoms with E-state index in [2.05, 4.69) is 36.4 Å². The summed E-state index contributed by atoms with van der Waals surface area (Å²) in [5.41, 5.74) is 1.61. The third-order valence-electron chi connectivity index (χ3n) is 7.16. The highest BCUT2D eigenvalue weighted by atomic mass is 19.1. The number of Topliss-reactive ketones (excluding diaryl/α,β-unsaturated/α-hetero) is 1. The van der Waals surface area contributed by atoms with Crippen molar-refractivity contribution in [1.29, 1.82) is 0 Å². The van der Waals surface area contributed by atoms with E-state index in [9.17, 15) is 9.18 Å². The molecule has 0 aliphatic carbocycles. The molecule has 1 aliphatic heterocycles. The minimum Gasteiger partial charge on any atom is -0.363 e. The molecule has 0 bridgehead atoms. The van der Waals surface area contributed by atoms with Gasteiger partial charge in [-0.25, -0.2) is 9.07 Å². The molecule has 1 N–H and O–H groups in total. The Bertz CT molecular complexity index is 1100. The van der Waals surface area contributed by atoms with E-state index in [4.69, 9.17) is 0 Å². The summed E-state index contributed by atoms with van der Waals surface area (Å²) in [5.74, 6) is 0.509. The number of carbonyl (C=O) groups is 1. The van der Waals surface area contributed by atoms with Crippen LogP contribution in [0.15, 0.2) is 60.8 Å². The molecule has 2 aromatic carbocycles. The third-order valence-corrected chi connectivity index (χ3v) is 7.16. The lowest BCUT2D eigenvalue weighted by molar-refractivity contribution is 0.0943. The average Bonchev–Trinajstić information content (AvgIpc) is 3.23. The van der Waals surface area contributed by atoms with Gasteiger partial charge in [-0.05, 0) is 50.3 Å². The number of benzene rings is 2. The first-order chi connectivity index (χ1) is 15.3. The van der Waals surface area contributed by atoms with Crippen LogP contribution in [0.2, 0.25) is 0 Å². The standard InChI is InChI=1S/C27H32FN3O/c1-5-27(6-2,21-14-10-11-15-22(21)28)17-24(32)20-18-29-31-25(20)30-23(16-26(31,3)4)19-12-8-7-9-13-19/h7-15,18,23,30H,5-6,16-17H2,1-4H3. The van der Waals surface area contributed by atoms with Crippen LogP contribution >= 0.6 is 0 Å². The third kappa shape index (κ3) is 3.85. The Balaban J connectivity index is 1.69. The maximum Gasteiger partial charge on any atom is 0.169 e. The Kier molecular flexibility index (Phi) is 5.93. The van der Waals surface area contributed by atoms with Gasteiger partial charge in [0.25, 0.3) is 0 Å². The van der Waals surface area contributed by atoms with Crippen LogP contribution in [0.1, 0.15) is 80.9 Å². The molecular weight excluding hydrogens is 401 g/mol. The first-order valence-electron chi connectivity index (χ1n) is 11.5. The second kappa shape index (κ2) is 8.53. The monoisotopic (exact) mass is 433 g/mol.